The van der Waals surface area contributed by atoms with E-state index in [9.17, 15) is 0 Å². The van der Waals surface area contributed by atoms with Crippen LogP contribution in [0.1, 0.15) is 0 Å². The maximum atomic E-state index is 5.85. The van der Waals surface area contributed by atoms with Crippen molar-refractivity contribution in [2.75, 3.05) is 12.4 Å². The first-order valence-corrected chi connectivity index (χ1v) is 9.87. The van der Waals surface area contributed by atoms with Gasteiger partial charge in [0.05, 0.1) is 13.3 Å². The summed E-state index contributed by atoms with van der Waals surface area (Å²) in [5.41, 5.74) is 3.62. The molecule has 1 N–H and O–H groups in total. The van der Waals surface area contributed by atoms with E-state index in [1.54, 1.807) is 11.6 Å². The van der Waals surface area contributed by atoms with Gasteiger partial charge in [0.1, 0.15) is 23.1 Å². The van der Waals surface area contributed by atoms with Gasteiger partial charge in [0.25, 0.3) is 0 Å². The summed E-state index contributed by atoms with van der Waals surface area (Å²) < 4.78 is 13.0. The average Bonchev–Trinajstić information content (AvgIpc) is 3.24. The number of aromatic nitrogens is 3. The molecule has 0 fully saturated rings. The molecular formula is C25H20N4O2. The number of fused-ring (bicyclic) bond motifs is 1. The second-order valence-corrected chi connectivity index (χ2v) is 6.94. The number of rotatable bonds is 6. The van der Waals surface area contributed by atoms with Crippen LogP contribution in [-0.4, -0.2) is 21.7 Å². The van der Waals surface area contributed by atoms with E-state index in [2.05, 4.69) is 10.4 Å². The molecular weight excluding hydrogens is 388 g/mol. The van der Waals surface area contributed by atoms with Gasteiger partial charge in [0.2, 0.25) is 0 Å². The van der Waals surface area contributed by atoms with Crippen LogP contribution in [-0.2, 0) is 0 Å². The van der Waals surface area contributed by atoms with Crippen molar-refractivity contribution in [3.63, 3.8) is 0 Å². The highest BCUT2D eigenvalue weighted by Gasteiger charge is 2.10. The van der Waals surface area contributed by atoms with E-state index in [4.69, 9.17) is 14.5 Å². The first-order chi connectivity index (χ1) is 15.3. The van der Waals surface area contributed by atoms with Crippen LogP contribution in [0, 0.1) is 0 Å². The van der Waals surface area contributed by atoms with E-state index in [0.29, 0.717) is 0 Å². The van der Waals surface area contributed by atoms with Crippen LogP contribution < -0.4 is 14.8 Å². The van der Waals surface area contributed by atoms with Crippen molar-refractivity contribution in [3.05, 3.63) is 97.3 Å². The summed E-state index contributed by atoms with van der Waals surface area (Å²) >= 11 is 0. The van der Waals surface area contributed by atoms with Crippen LogP contribution >= 0.6 is 0 Å². The Kier molecular flexibility index (Phi) is 4.94. The lowest BCUT2D eigenvalue weighted by Crippen LogP contribution is -1.97. The van der Waals surface area contributed by atoms with Gasteiger partial charge < -0.3 is 14.8 Å². The van der Waals surface area contributed by atoms with Crippen molar-refractivity contribution < 1.29 is 9.47 Å². The van der Waals surface area contributed by atoms with Crippen LogP contribution in [0.2, 0.25) is 0 Å². The molecule has 31 heavy (non-hydrogen) atoms. The summed E-state index contributed by atoms with van der Waals surface area (Å²) in [5.74, 6) is 3.11. The minimum absolute atomic E-state index is 0.730. The molecule has 5 aromatic rings. The maximum absolute atomic E-state index is 5.85. The number of benzene rings is 3. The second-order valence-electron chi connectivity index (χ2n) is 6.94. The molecule has 0 aliphatic carbocycles. The number of nitrogens with zero attached hydrogens (tertiary/aromatic N) is 3. The lowest BCUT2D eigenvalue weighted by atomic mass is 10.1. The molecule has 3 aromatic carbocycles. The van der Waals surface area contributed by atoms with E-state index in [0.717, 1.165) is 45.5 Å². The van der Waals surface area contributed by atoms with E-state index in [-0.39, 0.29) is 0 Å². The van der Waals surface area contributed by atoms with Crippen LogP contribution in [0.5, 0.6) is 17.2 Å². The first-order valence-electron chi connectivity index (χ1n) is 9.87. The summed E-state index contributed by atoms with van der Waals surface area (Å²) in [5, 5.41) is 7.76. The Morgan fingerprint density at radius 3 is 2.39 bits per heavy atom. The van der Waals surface area contributed by atoms with Gasteiger partial charge in [0, 0.05) is 17.4 Å². The van der Waals surface area contributed by atoms with Crippen molar-refractivity contribution in [1.82, 2.24) is 14.6 Å². The number of anilines is 2. The number of ether oxygens (including phenoxy) is 2. The maximum Gasteiger partial charge on any atom is 0.165 e. The number of hydrogen-bond donors (Lipinski definition) is 1. The van der Waals surface area contributed by atoms with E-state index in [1.807, 2.05) is 97.3 Å². The van der Waals surface area contributed by atoms with E-state index >= 15 is 0 Å². The van der Waals surface area contributed by atoms with Crippen LogP contribution in [0.15, 0.2) is 97.3 Å². The smallest absolute Gasteiger partial charge is 0.165 e. The van der Waals surface area contributed by atoms with E-state index in [1.165, 1.54) is 0 Å². The Bertz CT molecular complexity index is 1310. The van der Waals surface area contributed by atoms with Crippen molar-refractivity contribution in [2.45, 2.75) is 0 Å². The van der Waals surface area contributed by atoms with Gasteiger partial charge in [-0.1, -0.05) is 30.3 Å². The van der Waals surface area contributed by atoms with Gasteiger partial charge in [-0.15, -0.1) is 0 Å². The fraction of sp³-hybridized carbons (Fsp3) is 0.0400. The number of methoxy groups -OCH3 is 1. The van der Waals surface area contributed by atoms with Gasteiger partial charge in [0.15, 0.2) is 5.65 Å². The molecule has 0 spiro atoms. The molecule has 0 aliphatic heterocycles. The molecule has 152 valence electrons. The molecule has 0 aliphatic rings. The lowest BCUT2D eigenvalue weighted by molar-refractivity contribution is 0.415. The van der Waals surface area contributed by atoms with E-state index < -0.39 is 0 Å². The topological polar surface area (TPSA) is 60.7 Å². The average molecular weight is 408 g/mol. The van der Waals surface area contributed by atoms with Crippen LogP contribution in [0.3, 0.4) is 0 Å². The van der Waals surface area contributed by atoms with Crippen LogP contribution in [0.25, 0.3) is 16.8 Å². The molecule has 2 aromatic heterocycles. The highest BCUT2D eigenvalue weighted by Crippen LogP contribution is 2.28. The molecule has 0 radical (unpaired) electrons. The minimum Gasteiger partial charge on any atom is -0.497 e. The van der Waals surface area contributed by atoms with Crippen molar-refractivity contribution in [2.24, 2.45) is 0 Å². The van der Waals surface area contributed by atoms with Gasteiger partial charge >= 0.3 is 0 Å². The normalized spacial score (nSPS) is 10.7. The third-order valence-corrected chi connectivity index (χ3v) is 4.86. The standard InChI is InChI=1S/C25H20N4O2/c1-30-22-9-5-6-18(16-22)23-17-26-29-15-14-24(28-25(23)29)27-19-10-12-21(13-11-19)31-20-7-3-2-4-8-20/h2-17H,1H3,(H,27,28). The third kappa shape index (κ3) is 4.04. The molecule has 0 saturated carbocycles. The Balaban J connectivity index is 1.38. The summed E-state index contributed by atoms with van der Waals surface area (Å²) in [7, 11) is 1.66. The largest absolute Gasteiger partial charge is 0.497 e. The molecule has 0 saturated heterocycles. The fourth-order valence-corrected chi connectivity index (χ4v) is 3.31. The Hall–Kier alpha value is -4.32. The molecule has 0 unspecified atom stereocenters. The second kappa shape index (κ2) is 8.20. The Morgan fingerprint density at radius 2 is 1.58 bits per heavy atom. The summed E-state index contributed by atoms with van der Waals surface area (Å²) in [6.07, 6.45) is 3.71. The molecule has 5 rings (SSSR count). The van der Waals surface area contributed by atoms with Gasteiger partial charge in [-0.3, -0.25) is 0 Å². The van der Waals surface area contributed by atoms with Crippen LogP contribution in [0.4, 0.5) is 11.5 Å². The predicted octanol–water partition coefficient (Wildman–Crippen LogP) is 5.94. The third-order valence-electron chi connectivity index (χ3n) is 4.86. The van der Waals surface area contributed by atoms with Crippen molar-refractivity contribution in [1.29, 1.82) is 0 Å². The number of hydrogen-bond acceptors (Lipinski definition) is 5. The molecule has 6 nitrogen and oxygen atoms in total. The zero-order valence-corrected chi connectivity index (χ0v) is 16.9. The first kappa shape index (κ1) is 18.7. The minimum atomic E-state index is 0.730. The predicted molar refractivity (Wildman–Crippen MR) is 121 cm³/mol. The summed E-state index contributed by atoms with van der Waals surface area (Å²) in [6.45, 7) is 0. The Morgan fingerprint density at radius 1 is 0.806 bits per heavy atom. The summed E-state index contributed by atoms with van der Waals surface area (Å²) in [6, 6.07) is 27.3. The highest BCUT2D eigenvalue weighted by molar-refractivity contribution is 5.78. The summed E-state index contributed by atoms with van der Waals surface area (Å²) in [4.78, 5) is 4.77. The van der Waals surface area contributed by atoms with Gasteiger partial charge in [-0.2, -0.15) is 5.10 Å². The molecule has 0 atom stereocenters. The van der Waals surface area contributed by atoms with Crippen molar-refractivity contribution in [3.8, 4) is 28.4 Å². The Labute approximate surface area is 179 Å². The number of para-hydroxylation sites is 1. The lowest BCUT2D eigenvalue weighted by Gasteiger charge is -2.09. The number of nitrogens with one attached hydrogen (secondary N) is 1. The quantitative estimate of drug-likeness (QED) is 0.377. The highest BCUT2D eigenvalue weighted by atomic mass is 16.5. The molecule has 0 amide bonds. The van der Waals surface area contributed by atoms with Crippen molar-refractivity contribution >= 4 is 17.2 Å². The molecule has 2 heterocycles. The van der Waals surface area contributed by atoms with Gasteiger partial charge in [-0.25, -0.2) is 9.50 Å². The molecule has 0 bridgehead atoms. The monoisotopic (exact) mass is 408 g/mol. The fourth-order valence-electron chi connectivity index (χ4n) is 3.31. The van der Waals surface area contributed by atoms with Gasteiger partial charge in [-0.05, 0) is 60.2 Å². The molecule has 6 heteroatoms. The SMILES string of the molecule is COc1cccc(-c2cnn3ccc(Nc4ccc(Oc5ccccc5)cc4)nc23)c1. The zero-order valence-electron chi connectivity index (χ0n) is 16.9. The zero-order chi connectivity index (χ0) is 21.0.